The fourth-order valence-electron chi connectivity index (χ4n) is 5.41. The lowest BCUT2D eigenvalue weighted by Gasteiger charge is -2.19. The van der Waals surface area contributed by atoms with Gasteiger partial charge < -0.3 is 5.11 Å². The molecule has 3 aromatic carbocycles. The summed E-state index contributed by atoms with van der Waals surface area (Å²) >= 11 is 0. The molecule has 0 radical (unpaired) electrons. The summed E-state index contributed by atoms with van der Waals surface area (Å²) in [6, 6.07) is 24.8. The van der Waals surface area contributed by atoms with Gasteiger partial charge >= 0.3 is 11.7 Å². The highest BCUT2D eigenvalue weighted by molar-refractivity contribution is 5.72. The third kappa shape index (κ3) is 6.06. The average molecular weight is 524 g/mol. The van der Waals surface area contributed by atoms with Crippen LogP contribution < -0.4 is 5.69 Å². The molecule has 5 rings (SSSR count). The van der Waals surface area contributed by atoms with Crippen LogP contribution >= 0.6 is 0 Å². The maximum absolute atomic E-state index is 13.1. The Balaban J connectivity index is 1.26. The van der Waals surface area contributed by atoms with Crippen molar-refractivity contribution in [3.8, 4) is 11.1 Å². The van der Waals surface area contributed by atoms with Crippen LogP contribution in [0.3, 0.4) is 0 Å². The Morgan fingerprint density at radius 3 is 2.33 bits per heavy atom. The fourth-order valence-corrected chi connectivity index (χ4v) is 5.41. The molecule has 1 heterocycles. The van der Waals surface area contributed by atoms with Crippen molar-refractivity contribution in [3.63, 3.8) is 0 Å². The number of carboxylic acid groups (broad SMARTS) is 1. The first-order valence-corrected chi connectivity index (χ1v) is 13.8. The molecule has 0 spiro atoms. The van der Waals surface area contributed by atoms with Gasteiger partial charge in [-0.2, -0.15) is 5.10 Å². The standard InChI is InChI=1S/C33H37N3O3/c1-5-35-30(34-36(32(35)39)21-22-9-15-28(16-10-22)33(2,3)4)20-27-19-29(27)25-13-11-24(12-14-25)26-8-6-7-23(17-26)18-31(37)38/h6-17,27,29H,5,18-21H2,1-4H3,(H,37,38). The third-order valence-electron chi connectivity index (χ3n) is 7.79. The van der Waals surface area contributed by atoms with Crippen LogP contribution in [-0.2, 0) is 36.1 Å². The molecule has 0 saturated heterocycles. The minimum absolute atomic E-state index is 0.0255. The van der Waals surface area contributed by atoms with E-state index in [9.17, 15) is 9.59 Å². The van der Waals surface area contributed by atoms with Crippen LogP contribution in [0.5, 0.6) is 0 Å². The molecular weight excluding hydrogens is 486 g/mol. The number of carboxylic acids is 1. The van der Waals surface area contributed by atoms with Crippen molar-refractivity contribution in [2.45, 2.75) is 71.4 Å². The van der Waals surface area contributed by atoms with Crippen LogP contribution in [0, 0.1) is 5.92 Å². The average Bonchev–Trinajstić information content (AvgIpc) is 3.60. The highest BCUT2D eigenvalue weighted by Crippen LogP contribution is 2.49. The van der Waals surface area contributed by atoms with Crippen LogP contribution in [0.1, 0.15) is 68.1 Å². The Morgan fingerprint density at radius 2 is 1.69 bits per heavy atom. The monoisotopic (exact) mass is 523 g/mol. The van der Waals surface area contributed by atoms with E-state index in [4.69, 9.17) is 10.2 Å². The van der Waals surface area contributed by atoms with Gasteiger partial charge in [0.25, 0.3) is 0 Å². The number of benzene rings is 3. The molecule has 6 heteroatoms. The Labute approximate surface area is 229 Å². The van der Waals surface area contributed by atoms with E-state index in [1.54, 1.807) is 4.68 Å². The lowest BCUT2D eigenvalue weighted by molar-refractivity contribution is -0.136. The summed E-state index contributed by atoms with van der Waals surface area (Å²) in [6.45, 7) is 9.69. The number of aliphatic carboxylic acids is 1. The van der Waals surface area contributed by atoms with E-state index in [0.29, 0.717) is 24.9 Å². The number of nitrogens with zero attached hydrogens (tertiary/aromatic N) is 3. The van der Waals surface area contributed by atoms with Crippen molar-refractivity contribution >= 4 is 5.97 Å². The molecule has 2 unspecified atom stereocenters. The molecular formula is C33H37N3O3. The lowest BCUT2D eigenvalue weighted by Crippen LogP contribution is -2.25. The zero-order chi connectivity index (χ0) is 27.7. The molecule has 6 nitrogen and oxygen atoms in total. The third-order valence-corrected chi connectivity index (χ3v) is 7.79. The van der Waals surface area contributed by atoms with E-state index in [1.165, 1.54) is 11.1 Å². The van der Waals surface area contributed by atoms with Gasteiger partial charge in [0.1, 0.15) is 5.82 Å². The van der Waals surface area contributed by atoms with E-state index in [2.05, 4.69) is 69.3 Å². The summed E-state index contributed by atoms with van der Waals surface area (Å²) < 4.78 is 3.42. The van der Waals surface area contributed by atoms with Crippen molar-refractivity contribution in [2.75, 3.05) is 0 Å². The summed E-state index contributed by atoms with van der Waals surface area (Å²) in [7, 11) is 0. The summed E-state index contributed by atoms with van der Waals surface area (Å²) in [4.78, 5) is 24.2. The fraction of sp³-hybridized carbons (Fsp3) is 0.364. The normalized spacial score (nSPS) is 16.8. The molecule has 0 aliphatic heterocycles. The molecule has 4 aromatic rings. The Kier molecular flexibility index (Phi) is 7.30. The number of carbonyl (C=O) groups is 1. The molecule has 202 valence electrons. The van der Waals surface area contributed by atoms with Crippen LogP contribution in [0.4, 0.5) is 0 Å². The molecule has 1 fully saturated rings. The van der Waals surface area contributed by atoms with Crippen LogP contribution in [0.2, 0.25) is 0 Å². The van der Waals surface area contributed by atoms with Crippen molar-refractivity contribution in [2.24, 2.45) is 5.92 Å². The van der Waals surface area contributed by atoms with E-state index >= 15 is 0 Å². The molecule has 1 saturated carbocycles. The number of aromatic nitrogens is 3. The van der Waals surface area contributed by atoms with Gasteiger partial charge in [-0.25, -0.2) is 9.48 Å². The number of hydrogen-bond acceptors (Lipinski definition) is 3. The van der Waals surface area contributed by atoms with E-state index < -0.39 is 5.97 Å². The molecule has 2 atom stereocenters. The van der Waals surface area contributed by atoms with E-state index in [0.717, 1.165) is 40.9 Å². The number of rotatable bonds is 9. The van der Waals surface area contributed by atoms with Crippen molar-refractivity contribution in [1.82, 2.24) is 14.3 Å². The molecule has 39 heavy (non-hydrogen) atoms. The van der Waals surface area contributed by atoms with Gasteiger partial charge in [0.05, 0.1) is 13.0 Å². The second-order valence-electron chi connectivity index (χ2n) is 11.7. The Bertz CT molecular complexity index is 1520. The van der Waals surface area contributed by atoms with Crippen molar-refractivity contribution in [3.05, 3.63) is 111 Å². The highest BCUT2D eigenvalue weighted by Gasteiger charge is 2.39. The molecule has 1 aromatic heterocycles. The summed E-state index contributed by atoms with van der Waals surface area (Å²) in [5, 5.41) is 13.9. The Hall–Kier alpha value is -3.93. The van der Waals surface area contributed by atoms with Gasteiger partial charge in [-0.3, -0.25) is 9.36 Å². The second kappa shape index (κ2) is 10.7. The first-order valence-electron chi connectivity index (χ1n) is 13.8. The maximum Gasteiger partial charge on any atom is 0.346 e. The zero-order valence-corrected chi connectivity index (χ0v) is 23.2. The van der Waals surface area contributed by atoms with Gasteiger partial charge in [0.15, 0.2) is 0 Å². The van der Waals surface area contributed by atoms with E-state index in [-0.39, 0.29) is 17.5 Å². The molecule has 1 aliphatic rings. The van der Waals surface area contributed by atoms with Crippen LogP contribution in [0.15, 0.2) is 77.6 Å². The van der Waals surface area contributed by atoms with Gasteiger partial charge in [-0.15, -0.1) is 0 Å². The number of hydrogen-bond donors (Lipinski definition) is 1. The predicted molar refractivity (Wildman–Crippen MR) is 154 cm³/mol. The van der Waals surface area contributed by atoms with Gasteiger partial charge in [0.2, 0.25) is 0 Å². The first kappa shape index (κ1) is 26.7. The minimum Gasteiger partial charge on any atom is -0.481 e. The van der Waals surface area contributed by atoms with Gasteiger partial charge in [-0.05, 0) is 64.0 Å². The van der Waals surface area contributed by atoms with Gasteiger partial charge in [-0.1, -0.05) is 93.6 Å². The van der Waals surface area contributed by atoms with Crippen molar-refractivity contribution < 1.29 is 9.90 Å². The summed E-state index contributed by atoms with van der Waals surface area (Å²) in [6.07, 6.45) is 1.91. The predicted octanol–water partition coefficient (Wildman–Crippen LogP) is 6.05. The second-order valence-corrected chi connectivity index (χ2v) is 11.7. The SMILES string of the molecule is CCn1c(CC2CC2c2ccc(-c3cccc(CC(=O)O)c3)cc2)nn(Cc2ccc(C(C)(C)C)cc2)c1=O. The van der Waals surface area contributed by atoms with E-state index in [1.807, 2.05) is 35.8 Å². The largest absolute Gasteiger partial charge is 0.481 e. The van der Waals surface area contributed by atoms with Gasteiger partial charge in [0, 0.05) is 13.0 Å². The first-order chi connectivity index (χ1) is 18.6. The highest BCUT2D eigenvalue weighted by atomic mass is 16.4. The minimum atomic E-state index is -0.824. The Morgan fingerprint density at radius 1 is 0.974 bits per heavy atom. The molecule has 0 bridgehead atoms. The maximum atomic E-state index is 13.1. The van der Waals surface area contributed by atoms with Crippen LogP contribution in [-0.4, -0.2) is 25.4 Å². The smallest absolute Gasteiger partial charge is 0.346 e. The van der Waals surface area contributed by atoms with Crippen LogP contribution in [0.25, 0.3) is 11.1 Å². The molecule has 0 amide bonds. The lowest BCUT2D eigenvalue weighted by atomic mass is 9.87. The summed E-state index contributed by atoms with van der Waals surface area (Å²) in [5.74, 6) is 0.984. The quantitative estimate of drug-likeness (QED) is 0.290. The van der Waals surface area contributed by atoms with Crippen molar-refractivity contribution in [1.29, 1.82) is 0 Å². The zero-order valence-electron chi connectivity index (χ0n) is 23.2. The topological polar surface area (TPSA) is 77.1 Å². The molecule has 1 aliphatic carbocycles. The summed E-state index contributed by atoms with van der Waals surface area (Å²) in [5.41, 5.74) is 6.62. The molecule has 1 N–H and O–H groups in total.